The van der Waals surface area contributed by atoms with Crippen molar-refractivity contribution in [2.24, 2.45) is 0 Å². The Labute approximate surface area is 171 Å². The summed E-state index contributed by atoms with van der Waals surface area (Å²) in [5.74, 6) is -0.0526. The van der Waals surface area contributed by atoms with Crippen LogP contribution in [0.3, 0.4) is 0 Å². The number of carbonyl (C=O) groups excluding carboxylic acids is 2. The molecular weight excluding hydrogens is 364 g/mol. The molecule has 1 spiro atoms. The first-order valence-corrected chi connectivity index (χ1v) is 10.4. The van der Waals surface area contributed by atoms with E-state index in [4.69, 9.17) is 0 Å². The molecule has 0 atom stereocenters. The van der Waals surface area contributed by atoms with Crippen molar-refractivity contribution in [3.63, 3.8) is 0 Å². The van der Waals surface area contributed by atoms with Gasteiger partial charge in [0.2, 0.25) is 0 Å². The van der Waals surface area contributed by atoms with Crippen LogP contribution in [0.25, 0.3) is 0 Å². The van der Waals surface area contributed by atoms with Crippen LogP contribution in [0.1, 0.15) is 29.5 Å². The Morgan fingerprint density at radius 2 is 1.72 bits per heavy atom. The molecule has 6 nitrogen and oxygen atoms in total. The predicted octanol–water partition coefficient (Wildman–Crippen LogP) is 2.48. The zero-order chi connectivity index (χ0) is 20.0. The van der Waals surface area contributed by atoms with E-state index >= 15 is 0 Å². The predicted molar refractivity (Wildman–Crippen MR) is 109 cm³/mol. The molecule has 5 rings (SSSR count). The third kappa shape index (κ3) is 2.94. The molecule has 150 valence electrons. The summed E-state index contributed by atoms with van der Waals surface area (Å²) in [5, 5.41) is 0. The monoisotopic (exact) mass is 390 g/mol. The van der Waals surface area contributed by atoms with E-state index in [-0.39, 0.29) is 11.9 Å². The minimum atomic E-state index is -0.693. The highest BCUT2D eigenvalue weighted by Crippen LogP contribution is 2.38. The number of piperidine rings is 1. The van der Waals surface area contributed by atoms with Crippen molar-refractivity contribution in [3.8, 4) is 0 Å². The number of hydrogen-bond donors (Lipinski definition) is 0. The smallest absolute Gasteiger partial charge is 0.312 e. The van der Waals surface area contributed by atoms with Gasteiger partial charge in [0.15, 0.2) is 0 Å². The molecule has 0 saturated carbocycles. The first-order chi connectivity index (χ1) is 14.1. The van der Waals surface area contributed by atoms with E-state index in [1.807, 2.05) is 12.1 Å². The second kappa shape index (κ2) is 6.95. The van der Waals surface area contributed by atoms with E-state index in [0.717, 1.165) is 31.5 Å². The lowest BCUT2D eigenvalue weighted by atomic mass is 9.85. The lowest BCUT2D eigenvalue weighted by Gasteiger charge is -2.43. The molecule has 1 aliphatic carbocycles. The lowest BCUT2D eigenvalue weighted by Crippen LogP contribution is -2.57. The number of benzene rings is 1. The molecule has 6 heteroatoms. The largest absolute Gasteiger partial charge is 0.327 e. The van der Waals surface area contributed by atoms with Crippen LogP contribution in [0.5, 0.6) is 0 Å². The van der Waals surface area contributed by atoms with Gasteiger partial charge in [-0.15, -0.1) is 0 Å². The highest BCUT2D eigenvalue weighted by Gasteiger charge is 2.56. The van der Waals surface area contributed by atoms with E-state index in [0.29, 0.717) is 25.4 Å². The van der Waals surface area contributed by atoms with Gasteiger partial charge in [-0.1, -0.05) is 30.3 Å². The van der Waals surface area contributed by atoms with Gasteiger partial charge in [-0.2, -0.15) is 0 Å². The van der Waals surface area contributed by atoms with E-state index in [1.54, 1.807) is 24.3 Å². The van der Waals surface area contributed by atoms with Gasteiger partial charge in [-0.05, 0) is 48.4 Å². The molecule has 3 amide bonds. The molecule has 2 aliphatic heterocycles. The topological polar surface area (TPSA) is 56.8 Å². The van der Waals surface area contributed by atoms with Crippen LogP contribution in [0.4, 0.5) is 4.79 Å². The highest BCUT2D eigenvalue weighted by atomic mass is 16.2. The number of amides is 3. The molecule has 3 heterocycles. The SMILES string of the molecule is CN1C(=O)N(Cc2cccnc2)C(=O)C12CCN(C1Cc3ccccc3C1)CC2. The van der Waals surface area contributed by atoms with E-state index in [2.05, 4.69) is 34.1 Å². The minimum Gasteiger partial charge on any atom is -0.312 e. The summed E-state index contributed by atoms with van der Waals surface area (Å²) in [5.41, 5.74) is 3.08. The quantitative estimate of drug-likeness (QED) is 0.756. The molecule has 29 heavy (non-hydrogen) atoms. The Morgan fingerprint density at radius 1 is 1.03 bits per heavy atom. The molecule has 0 bridgehead atoms. The molecule has 0 N–H and O–H groups in total. The van der Waals surface area contributed by atoms with Gasteiger partial charge in [-0.3, -0.25) is 19.6 Å². The van der Waals surface area contributed by atoms with Gasteiger partial charge >= 0.3 is 6.03 Å². The number of aromatic nitrogens is 1. The average Bonchev–Trinajstić information content (AvgIpc) is 3.26. The number of likely N-dealkylation sites (N-methyl/N-ethyl adjacent to an activating group) is 1. The maximum Gasteiger partial charge on any atom is 0.327 e. The van der Waals surface area contributed by atoms with Crippen LogP contribution >= 0.6 is 0 Å². The van der Waals surface area contributed by atoms with Crippen LogP contribution in [-0.4, -0.2) is 63.3 Å². The number of fused-ring (bicyclic) bond motifs is 1. The summed E-state index contributed by atoms with van der Waals surface area (Å²) in [6, 6.07) is 12.7. The maximum atomic E-state index is 13.3. The molecule has 1 aromatic heterocycles. The Hall–Kier alpha value is -2.73. The molecule has 2 fully saturated rings. The number of rotatable bonds is 3. The van der Waals surface area contributed by atoms with Gasteiger partial charge in [0.1, 0.15) is 5.54 Å². The standard InChI is InChI=1S/C23H26N4O2/c1-25-22(29)27(16-17-5-4-10-24-15-17)21(28)23(25)8-11-26(12-9-23)20-13-18-6-2-3-7-19(18)14-20/h2-7,10,15,20H,8-9,11-14,16H2,1H3. The van der Waals surface area contributed by atoms with Crippen molar-refractivity contribution < 1.29 is 9.59 Å². The zero-order valence-electron chi connectivity index (χ0n) is 16.8. The van der Waals surface area contributed by atoms with Crippen LogP contribution < -0.4 is 0 Å². The number of urea groups is 1. The Kier molecular flexibility index (Phi) is 4.39. The summed E-state index contributed by atoms with van der Waals surface area (Å²) in [6.45, 7) is 1.99. The summed E-state index contributed by atoms with van der Waals surface area (Å²) in [7, 11) is 1.78. The number of nitrogens with zero attached hydrogens (tertiary/aromatic N) is 4. The third-order valence-corrected chi connectivity index (χ3v) is 7.04. The van der Waals surface area contributed by atoms with Crippen molar-refractivity contribution in [1.29, 1.82) is 0 Å². The first kappa shape index (κ1) is 18.3. The summed E-state index contributed by atoms with van der Waals surface area (Å²) in [6.07, 6.45) is 6.97. The number of imide groups is 1. The molecule has 3 aliphatic rings. The number of likely N-dealkylation sites (tertiary alicyclic amines) is 1. The molecule has 2 aromatic rings. The zero-order valence-corrected chi connectivity index (χ0v) is 16.8. The molecule has 0 unspecified atom stereocenters. The van der Waals surface area contributed by atoms with Gasteiger partial charge in [-0.25, -0.2) is 4.79 Å². The highest BCUT2D eigenvalue weighted by molar-refractivity contribution is 6.06. The number of carbonyl (C=O) groups is 2. The fourth-order valence-corrected chi connectivity index (χ4v) is 5.26. The Morgan fingerprint density at radius 3 is 2.34 bits per heavy atom. The molecule has 0 radical (unpaired) electrons. The minimum absolute atomic E-state index is 0.0526. The summed E-state index contributed by atoms with van der Waals surface area (Å²) in [4.78, 5) is 35.9. The van der Waals surface area contributed by atoms with E-state index in [1.165, 1.54) is 16.0 Å². The van der Waals surface area contributed by atoms with Crippen molar-refractivity contribution >= 4 is 11.9 Å². The fourth-order valence-electron chi connectivity index (χ4n) is 5.26. The number of hydrogen-bond acceptors (Lipinski definition) is 4. The van der Waals surface area contributed by atoms with Crippen LogP contribution in [0.15, 0.2) is 48.8 Å². The Bertz CT molecular complexity index is 912. The first-order valence-electron chi connectivity index (χ1n) is 10.4. The van der Waals surface area contributed by atoms with E-state index in [9.17, 15) is 9.59 Å². The van der Waals surface area contributed by atoms with Crippen molar-refractivity contribution in [2.75, 3.05) is 20.1 Å². The van der Waals surface area contributed by atoms with Crippen molar-refractivity contribution in [1.82, 2.24) is 19.7 Å². The van der Waals surface area contributed by atoms with Crippen LogP contribution in [0, 0.1) is 0 Å². The van der Waals surface area contributed by atoms with Crippen molar-refractivity contribution in [3.05, 3.63) is 65.5 Å². The van der Waals surface area contributed by atoms with Gasteiger partial charge in [0.05, 0.1) is 6.54 Å². The third-order valence-electron chi connectivity index (χ3n) is 7.04. The fraction of sp³-hybridized carbons (Fsp3) is 0.435. The second-order valence-corrected chi connectivity index (χ2v) is 8.49. The molecule has 1 aromatic carbocycles. The summed E-state index contributed by atoms with van der Waals surface area (Å²) >= 11 is 0. The lowest BCUT2D eigenvalue weighted by molar-refractivity contribution is -0.135. The maximum absolute atomic E-state index is 13.3. The van der Waals surface area contributed by atoms with Crippen LogP contribution in [0.2, 0.25) is 0 Å². The Balaban J connectivity index is 1.29. The van der Waals surface area contributed by atoms with Gasteiger partial charge < -0.3 is 4.90 Å². The van der Waals surface area contributed by atoms with E-state index < -0.39 is 5.54 Å². The summed E-state index contributed by atoms with van der Waals surface area (Å²) < 4.78 is 0. The van der Waals surface area contributed by atoms with Gasteiger partial charge in [0, 0.05) is 38.6 Å². The van der Waals surface area contributed by atoms with Crippen molar-refractivity contribution in [2.45, 2.75) is 43.8 Å². The van der Waals surface area contributed by atoms with Crippen LogP contribution in [-0.2, 0) is 24.2 Å². The molecule has 2 saturated heterocycles. The number of pyridine rings is 1. The molecular formula is C23H26N4O2. The average molecular weight is 390 g/mol. The normalized spacial score (nSPS) is 22.0. The second-order valence-electron chi connectivity index (χ2n) is 8.49. The van der Waals surface area contributed by atoms with Gasteiger partial charge in [0.25, 0.3) is 5.91 Å².